The van der Waals surface area contributed by atoms with Crippen molar-refractivity contribution in [1.29, 1.82) is 0 Å². The van der Waals surface area contributed by atoms with E-state index in [0.717, 1.165) is 48.9 Å². The van der Waals surface area contributed by atoms with Gasteiger partial charge in [-0.25, -0.2) is 0 Å². The van der Waals surface area contributed by atoms with Crippen LogP contribution in [0.1, 0.15) is 24.1 Å². The van der Waals surface area contributed by atoms with E-state index in [-0.39, 0.29) is 11.8 Å². The molecule has 6 heteroatoms. The van der Waals surface area contributed by atoms with Crippen molar-refractivity contribution in [3.8, 4) is 5.75 Å². The summed E-state index contributed by atoms with van der Waals surface area (Å²) in [4.78, 5) is 14.7. The molecule has 2 aromatic rings. The third-order valence-electron chi connectivity index (χ3n) is 4.69. The van der Waals surface area contributed by atoms with Gasteiger partial charge in [0.25, 0.3) is 0 Å². The zero-order valence-corrected chi connectivity index (χ0v) is 13.2. The smallest absolute Gasteiger partial charge is 0.229 e. The zero-order chi connectivity index (χ0) is 15.8. The highest BCUT2D eigenvalue weighted by molar-refractivity contribution is 5.79. The second-order valence-electron chi connectivity index (χ2n) is 6.12. The summed E-state index contributed by atoms with van der Waals surface area (Å²) in [6.45, 7) is 4.57. The van der Waals surface area contributed by atoms with E-state index in [0.29, 0.717) is 13.2 Å². The molecular formula is C17H20N4O2. The first kappa shape index (κ1) is 14.2. The second-order valence-corrected chi connectivity index (χ2v) is 6.12. The normalized spacial score (nSPS) is 19.7. The number of carbonyl (C=O) groups excluding carboxylic acids is 1. The van der Waals surface area contributed by atoms with Gasteiger partial charge in [0.05, 0.1) is 12.5 Å². The van der Waals surface area contributed by atoms with Crippen LogP contribution in [0.3, 0.4) is 0 Å². The Morgan fingerprint density at radius 3 is 3.04 bits per heavy atom. The first-order chi connectivity index (χ1) is 11.3. The summed E-state index contributed by atoms with van der Waals surface area (Å²) in [6.07, 6.45) is 1.62. The van der Waals surface area contributed by atoms with Crippen LogP contribution in [0.5, 0.6) is 5.75 Å². The number of nitrogens with zero attached hydrogens (tertiary/aromatic N) is 4. The van der Waals surface area contributed by atoms with E-state index in [1.54, 1.807) is 0 Å². The van der Waals surface area contributed by atoms with Crippen molar-refractivity contribution in [2.45, 2.75) is 32.9 Å². The molecule has 1 aromatic carbocycles. The Hall–Kier alpha value is -2.37. The molecule has 1 unspecified atom stereocenters. The van der Waals surface area contributed by atoms with Crippen molar-refractivity contribution < 1.29 is 9.53 Å². The molecule has 0 saturated heterocycles. The van der Waals surface area contributed by atoms with Crippen molar-refractivity contribution in [2.24, 2.45) is 5.92 Å². The van der Waals surface area contributed by atoms with Gasteiger partial charge in [-0.3, -0.25) is 4.79 Å². The minimum atomic E-state index is -0.106. The standard InChI is InChI=1S/C17H20N4O2/c1-2-15-18-19-16-10-20(7-8-21(15)16)17(22)13-9-12-5-3-4-6-14(12)23-11-13/h3-6,13H,2,7-11H2,1H3. The van der Waals surface area contributed by atoms with E-state index in [1.165, 1.54) is 0 Å². The molecule has 2 aliphatic heterocycles. The van der Waals surface area contributed by atoms with Crippen LogP contribution >= 0.6 is 0 Å². The van der Waals surface area contributed by atoms with Crippen molar-refractivity contribution in [2.75, 3.05) is 13.2 Å². The van der Waals surface area contributed by atoms with E-state index in [1.807, 2.05) is 29.2 Å². The van der Waals surface area contributed by atoms with Gasteiger partial charge in [-0.05, 0) is 18.1 Å². The van der Waals surface area contributed by atoms with Gasteiger partial charge >= 0.3 is 0 Å². The van der Waals surface area contributed by atoms with Crippen molar-refractivity contribution >= 4 is 5.91 Å². The fourth-order valence-corrected chi connectivity index (χ4v) is 3.41. The molecule has 0 aliphatic carbocycles. The lowest BCUT2D eigenvalue weighted by molar-refractivity contribution is -0.138. The molecule has 120 valence electrons. The van der Waals surface area contributed by atoms with Crippen LogP contribution in [0.25, 0.3) is 0 Å². The van der Waals surface area contributed by atoms with Crippen LogP contribution in [0.4, 0.5) is 0 Å². The van der Waals surface area contributed by atoms with Gasteiger partial charge in [0, 0.05) is 19.5 Å². The molecular weight excluding hydrogens is 292 g/mol. The number of amides is 1. The van der Waals surface area contributed by atoms with Crippen molar-refractivity contribution in [3.63, 3.8) is 0 Å². The molecule has 4 rings (SSSR count). The number of aryl methyl sites for hydroxylation is 1. The molecule has 3 heterocycles. The number of hydrogen-bond donors (Lipinski definition) is 0. The highest BCUT2D eigenvalue weighted by Gasteiger charge is 2.32. The summed E-state index contributed by atoms with van der Waals surface area (Å²) in [5.74, 6) is 2.85. The van der Waals surface area contributed by atoms with E-state index < -0.39 is 0 Å². The van der Waals surface area contributed by atoms with Crippen LogP contribution in [-0.4, -0.2) is 38.7 Å². The second kappa shape index (κ2) is 5.68. The predicted molar refractivity (Wildman–Crippen MR) is 83.9 cm³/mol. The molecule has 0 saturated carbocycles. The molecule has 23 heavy (non-hydrogen) atoms. The van der Waals surface area contributed by atoms with Gasteiger partial charge < -0.3 is 14.2 Å². The largest absolute Gasteiger partial charge is 0.492 e. The van der Waals surface area contributed by atoms with Crippen LogP contribution in [-0.2, 0) is 30.7 Å². The predicted octanol–water partition coefficient (Wildman–Crippen LogP) is 1.43. The number of hydrogen-bond acceptors (Lipinski definition) is 4. The van der Waals surface area contributed by atoms with Crippen LogP contribution in [0, 0.1) is 5.92 Å². The Bertz CT molecular complexity index is 740. The maximum absolute atomic E-state index is 12.8. The third-order valence-corrected chi connectivity index (χ3v) is 4.69. The minimum absolute atomic E-state index is 0.106. The fraction of sp³-hybridized carbons (Fsp3) is 0.471. The van der Waals surface area contributed by atoms with Gasteiger partial charge in [-0.2, -0.15) is 0 Å². The number of fused-ring (bicyclic) bond motifs is 2. The monoisotopic (exact) mass is 312 g/mol. The van der Waals surface area contributed by atoms with Gasteiger partial charge in [0.2, 0.25) is 5.91 Å². The Morgan fingerprint density at radius 2 is 2.17 bits per heavy atom. The van der Waals surface area contributed by atoms with E-state index >= 15 is 0 Å². The van der Waals surface area contributed by atoms with Crippen LogP contribution in [0.15, 0.2) is 24.3 Å². The van der Waals surface area contributed by atoms with Crippen LogP contribution < -0.4 is 4.74 Å². The Labute approximate surface area is 135 Å². The van der Waals surface area contributed by atoms with E-state index in [9.17, 15) is 4.79 Å². The average Bonchev–Trinajstić information content (AvgIpc) is 3.03. The molecule has 0 radical (unpaired) electrons. The van der Waals surface area contributed by atoms with Gasteiger partial charge in [-0.15, -0.1) is 10.2 Å². The maximum Gasteiger partial charge on any atom is 0.229 e. The van der Waals surface area contributed by atoms with Gasteiger partial charge in [0.15, 0.2) is 5.82 Å². The molecule has 1 aromatic heterocycles. The lowest BCUT2D eigenvalue weighted by Crippen LogP contribution is -2.44. The summed E-state index contributed by atoms with van der Waals surface area (Å²) in [7, 11) is 0. The Morgan fingerprint density at radius 1 is 1.30 bits per heavy atom. The topological polar surface area (TPSA) is 60.2 Å². The molecule has 2 aliphatic rings. The fourth-order valence-electron chi connectivity index (χ4n) is 3.41. The summed E-state index contributed by atoms with van der Waals surface area (Å²) in [5, 5.41) is 8.43. The van der Waals surface area contributed by atoms with Gasteiger partial charge in [-0.1, -0.05) is 25.1 Å². The molecule has 0 N–H and O–H groups in total. The highest BCUT2D eigenvalue weighted by Crippen LogP contribution is 2.28. The summed E-state index contributed by atoms with van der Waals surface area (Å²) in [6, 6.07) is 7.95. The summed E-state index contributed by atoms with van der Waals surface area (Å²) >= 11 is 0. The molecule has 0 bridgehead atoms. The lowest BCUT2D eigenvalue weighted by Gasteiger charge is -2.32. The number of carbonyl (C=O) groups is 1. The number of aromatic nitrogens is 3. The maximum atomic E-state index is 12.8. The Balaban J connectivity index is 1.48. The van der Waals surface area contributed by atoms with Gasteiger partial charge in [0.1, 0.15) is 18.2 Å². The molecule has 0 spiro atoms. The quantitative estimate of drug-likeness (QED) is 0.842. The summed E-state index contributed by atoms with van der Waals surface area (Å²) < 4.78 is 7.89. The highest BCUT2D eigenvalue weighted by atomic mass is 16.5. The zero-order valence-electron chi connectivity index (χ0n) is 13.2. The first-order valence-electron chi connectivity index (χ1n) is 8.16. The van der Waals surface area contributed by atoms with Crippen molar-refractivity contribution in [1.82, 2.24) is 19.7 Å². The average molecular weight is 312 g/mol. The SMILES string of the molecule is CCc1nnc2n1CCN(C(=O)C1COc3ccccc3C1)C2. The van der Waals surface area contributed by atoms with E-state index in [4.69, 9.17) is 4.74 Å². The van der Waals surface area contributed by atoms with Crippen molar-refractivity contribution in [3.05, 3.63) is 41.5 Å². The first-order valence-corrected chi connectivity index (χ1v) is 8.16. The molecule has 1 atom stereocenters. The number of para-hydroxylation sites is 1. The number of rotatable bonds is 2. The minimum Gasteiger partial charge on any atom is -0.492 e. The molecule has 6 nitrogen and oxygen atoms in total. The summed E-state index contributed by atoms with van der Waals surface area (Å²) in [5.41, 5.74) is 1.12. The Kier molecular flexibility index (Phi) is 3.52. The number of ether oxygens (including phenoxy) is 1. The molecule has 1 amide bonds. The third kappa shape index (κ3) is 2.48. The lowest BCUT2D eigenvalue weighted by atomic mass is 9.95. The molecule has 0 fully saturated rings. The van der Waals surface area contributed by atoms with Crippen LogP contribution in [0.2, 0.25) is 0 Å². The number of benzene rings is 1. The van der Waals surface area contributed by atoms with E-state index in [2.05, 4.69) is 21.7 Å².